The average Bonchev–Trinajstić information content (AvgIpc) is 2.75. The molecule has 0 aromatic carbocycles. The van der Waals surface area contributed by atoms with Gasteiger partial charge in [0.05, 0.1) is 0 Å². The van der Waals surface area contributed by atoms with E-state index in [1.54, 1.807) is 0 Å². The molecule has 0 amide bonds. The lowest BCUT2D eigenvalue weighted by Gasteiger charge is -2.07. The first-order chi connectivity index (χ1) is 7.74. The maximum atomic E-state index is 3.73. The van der Waals surface area contributed by atoms with Crippen LogP contribution in [0.15, 0.2) is 12.7 Å². The predicted octanol–water partition coefficient (Wildman–Crippen LogP) is 4.74. The predicted molar refractivity (Wildman–Crippen MR) is 77.0 cm³/mol. The van der Waals surface area contributed by atoms with Crippen LogP contribution in [0, 0.1) is 5.92 Å². The van der Waals surface area contributed by atoms with Gasteiger partial charge in [-0.2, -0.15) is 0 Å². The second kappa shape index (κ2) is 14.7. The van der Waals surface area contributed by atoms with Crippen molar-refractivity contribution in [3.05, 3.63) is 12.7 Å². The summed E-state index contributed by atoms with van der Waals surface area (Å²) in [5.74, 6) is 0.947. The highest BCUT2D eigenvalue weighted by atomic mass is 15.1. The van der Waals surface area contributed by atoms with E-state index in [2.05, 4.69) is 32.4 Å². The Bertz CT molecular complexity index is 129. The molecule has 1 heteroatoms. The number of nitrogens with zero attached hydrogens (tertiary/aromatic N) is 1. The van der Waals surface area contributed by atoms with E-state index in [1.165, 1.54) is 45.2 Å². The maximum absolute atomic E-state index is 3.73. The quantitative estimate of drug-likeness (QED) is 0.627. The molecule has 0 N–H and O–H groups in total. The first kappa shape index (κ1) is 18.1. The zero-order valence-electron chi connectivity index (χ0n) is 12.3. The molecule has 98 valence electrons. The molecule has 1 nitrogen and oxygen atoms in total. The van der Waals surface area contributed by atoms with Crippen molar-refractivity contribution in [2.24, 2.45) is 5.92 Å². The van der Waals surface area contributed by atoms with Crippen molar-refractivity contribution in [1.29, 1.82) is 0 Å². The van der Waals surface area contributed by atoms with Crippen LogP contribution in [0.5, 0.6) is 0 Å². The molecule has 1 fully saturated rings. The zero-order chi connectivity index (χ0) is 12.8. The summed E-state index contributed by atoms with van der Waals surface area (Å²) < 4.78 is 0. The van der Waals surface area contributed by atoms with Crippen molar-refractivity contribution < 1.29 is 0 Å². The summed E-state index contributed by atoms with van der Waals surface area (Å²) in [5, 5.41) is 0. The summed E-state index contributed by atoms with van der Waals surface area (Å²) in [7, 11) is 2.20. The molecule has 0 spiro atoms. The second-order valence-electron chi connectivity index (χ2n) is 4.28. The van der Waals surface area contributed by atoms with E-state index in [9.17, 15) is 0 Å². The van der Waals surface area contributed by atoms with Crippen LogP contribution in [0.3, 0.4) is 0 Å². The molecular weight excluding hydrogens is 194 g/mol. The van der Waals surface area contributed by atoms with Gasteiger partial charge in [0.25, 0.3) is 0 Å². The molecule has 0 bridgehead atoms. The molecule has 1 aliphatic rings. The van der Waals surface area contributed by atoms with Crippen molar-refractivity contribution in [2.45, 2.75) is 59.8 Å². The summed E-state index contributed by atoms with van der Waals surface area (Å²) in [5.41, 5.74) is 0. The monoisotopic (exact) mass is 227 g/mol. The van der Waals surface area contributed by atoms with Gasteiger partial charge in [-0.1, -0.05) is 46.6 Å². The number of hydrogen-bond acceptors (Lipinski definition) is 1. The van der Waals surface area contributed by atoms with Crippen LogP contribution in [-0.4, -0.2) is 25.0 Å². The molecule has 1 rings (SSSR count). The largest absolute Gasteiger partial charge is 0.306 e. The molecule has 0 aliphatic carbocycles. The van der Waals surface area contributed by atoms with Gasteiger partial charge in [0, 0.05) is 6.54 Å². The Morgan fingerprint density at radius 3 is 2.12 bits per heavy atom. The molecule has 1 heterocycles. The summed E-state index contributed by atoms with van der Waals surface area (Å²) in [4.78, 5) is 2.41. The SMILES string of the molecule is C=CCCC1CCN(C)C1.CC.CCCC. The van der Waals surface area contributed by atoms with Gasteiger partial charge in [-0.15, -0.1) is 6.58 Å². The molecule has 1 saturated heterocycles. The highest BCUT2D eigenvalue weighted by Gasteiger charge is 2.17. The van der Waals surface area contributed by atoms with Gasteiger partial charge in [-0.3, -0.25) is 0 Å². The van der Waals surface area contributed by atoms with E-state index in [4.69, 9.17) is 0 Å². The van der Waals surface area contributed by atoms with Gasteiger partial charge >= 0.3 is 0 Å². The fourth-order valence-corrected chi connectivity index (χ4v) is 1.62. The molecular formula is C15H33N. The lowest BCUT2D eigenvalue weighted by molar-refractivity contribution is 0.389. The van der Waals surface area contributed by atoms with E-state index in [0.29, 0.717) is 0 Å². The Balaban J connectivity index is 0. The van der Waals surface area contributed by atoms with Crippen molar-refractivity contribution in [3.63, 3.8) is 0 Å². The minimum Gasteiger partial charge on any atom is -0.306 e. The minimum atomic E-state index is 0.947. The molecule has 0 aromatic rings. The lowest BCUT2D eigenvalue weighted by Crippen LogP contribution is -2.13. The highest BCUT2D eigenvalue weighted by molar-refractivity contribution is 4.76. The number of rotatable bonds is 4. The van der Waals surface area contributed by atoms with Gasteiger partial charge in [0.2, 0.25) is 0 Å². The Morgan fingerprint density at radius 1 is 1.25 bits per heavy atom. The number of likely N-dealkylation sites (tertiary alicyclic amines) is 1. The number of hydrogen-bond donors (Lipinski definition) is 0. The minimum absolute atomic E-state index is 0.947. The first-order valence-electron chi connectivity index (χ1n) is 7.04. The highest BCUT2D eigenvalue weighted by Crippen LogP contribution is 2.19. The van der Waals surface area contributed by atoms with Gasteiger partial charge in [0.1, 0.15) is 0 Å². The van der Waals surface area contributed by atoms with E-state index >= 15 is 0 Å². The van der Waals surface area contributed by atoms with Crippen LogP contribution in [0.1, 0.15) is 59.8 Å². The fraction of sp³-hybridized carbons (Fsp3) is 0.867. The zero-order valence-corrected chi connectivity index (χ0v) is 12.3. The Morgan fingerprint density at radius 2 is 1.81 bits per heavy atom. The molecule has 0 aromatic heterocycles. The van der Waals surface area contributed by atoms with Crippen LogP contribution >= 0.6 is 0 Å². The normalized spacial score (nSPS) is 19.2. The average molecular weight is 227 g/mol. The second-order valence-corrected chi connectivity index (χ2v) is 4.28. The van der Waals surface area contributed by atoms with Gasteiger partial charge in [-0.25, -0.2) is 0 Å². The summed E-state index contributed by atoms with van der Waals surface area (Å²) >= 11 is 0. The standard InChI is InChI=1S/C9H17N.C4H10.C2H6/c1-3-4-5-9-6-7-10(2)8-9;1-3-4-2;1-2/h3,9H,1,4-8H2,2H3;3-4H2,1-2H3;1-2H3. The van der Waals surface area contributed by atoms with Gasteiger partial charge in [0.15, 0.2) is 0 Å². The summed E-state index contributed by atoms with van der Waals surface area (Å²) in [6, 6.07) is 0. The third kappa shape index (κ3) is 11.8. The van der Waals surface area contributed by atoms with Crippen LogP contribution in [-0.2, 0) is 0 Å². The van der Waals surface area contributed by atoms with E-state index in [0.717, 1.165) is 5.92 Å². The van der Waals surface area contributed by atoms with Gasteiger partial charge in [-0.05, 0) is 38.8 Å². The lowest BCUT2D eigenvalue weighted by atomic mass is 10.0. The van der Waals surface area contributed by atoms with E-state index < -0.39 is 0 Å². The Kier molecular flexibility index (Phi) is 16.6. The fourth-order valence-electron chi connectivity index (χ4n) is 1.62. The molecule has 16 heavy (non-hydrogen) atoms. The molecule has 1 atom stereocenters. The Hall–Kier alpha value is -0.300. The van der Waals surface area contributed by atoms with Crippen LogP contribution < -0.4 is 0 Å². The third-order valence-electron chi connectivity index (χ3n) is 2.77. The van der Waals surface area contributed by atoms with Gasteiger partial charge < -0.3 is 4.90 Å². The first-order valence-corrected chi connectivity index (χ1v) is 7.04. The maximum Gasteiger partial charge on any atom is 0.000719 e. The van der Waals surface area contributed by atoms with Crippen LogP contribution in [0.4, 0.5) is 0 Å². The molecule has 1 aliphatic heterocycles. The third-order valence-corrected chi connectivity index (χ3v) is 2.77. The van der Waals surface area contributed by atoms with E-state index in [1.807, 2.05) is 19.9 Å². The smallest absolute Gasteiger partial charge is 0.000719 e. The molecule has 1 unspecified atom stereocenters. The topological polar surface area (TPSA) is 3.24 Å². The molecule has 0 radical (unpaired) electrons. The number of allylic oxidation sites excluding steroid dienone is 1. The van der Waals surface area contributed by atoms with Crippen LogP contribution in [0.25, 0.3) is 0 Å². The summed E-state index contributed by atoms with van der Waals surface area (Å²) in [6.07, 6.45) is 8.59. The van der Waals surface area contributed by atoms with Crippen molar-refractivity contribution >= 4 is 0 Å². The number of unbranched alkanes of at least 4 members (excludes halogenated alkanes) is 1. The Labute approximate surface area is 104 Å². The van der Waals surface area contributed by atoms with Crippen molar-refractivity contribution in [1.82, 2.24) is 4.90 Å². The summed E-state index contributed by atoms with van der Waals surface area (Å²) in [6.45, 7) is 14.7. The van der Waals surface area contributed by atoms with Crippen molar-refractivity contribution in [2.75, 3.05) is 20.1 Å². The van der Waals surface area contributed by atoms with Crippen LogP contribution in [0.2, 0.25) is 0 Å². The van der Waals surface area contributed by atoms with Crippen molar-refractivity contribution in [3.8, 4) is 0 Å². The van der Waals surface area contributed by atoms with E-state index in [-0.39, 0.29) is 0 Å². The molecule has 0 saturated carbocycles.